The quantitative estimate of drug-likeness (QED) is 0.391. The molecule has 0 saturated carbocycles. The summed E-state index contributed by atoms with van der Waals surface area (Å²) in [7, 11) is 0. The molecule has 0 aliphatic rings. The van der Waals surface area contributed by atoms with Crippen molar-refractivity contribution in [2.24, 2.45) is 0 Å². The molecule has 0 fully saturated rings. The van der Waals surface area contributed by atoms with E-state index in [0.717, 1.165) is 16.7 Å². The van der Waals surface area contributed by atoms with Crippen molar-refractivity contribution in [1.29, 1.82) is 0 Å². The van der Waals surface area contributed by atoms with Gasteiger partial charge >= 0.3 is 0 Å². The van der Waals surface area contributed by atoms with E-state index >= 15 is 0 Å². The van der Waals surface area contributed by atoms with Crippen LogP contribution in [-0.4, -0.2) is 0 Å². The molecular formula is C13H7BrCl4. The zero-order valence-electron chi connectivity index (χ0n) is 8.98. The molecule has 0 radical (unpaired) electrons. The topological polar surface area (TPSA) is 0 Å². The minimum absolute atomic E-state index is 0.430. The van der Waals surface area contributed by atoms with Gasteiger partial charge in [0.25, 0.3) is 0 Å². The predicted molar refractivity (Wildman–Crippen MR) is 84.5 cm³/mol. The van der Waals surface area contributed by atoms with Gasteiger partial charge in [0.05, 0.1) is 10.0 Å². The molecule has 0 N–H and O–H groups in total. The van der Waals surface area contributed by atoms with Gasteiger partial charge in [-0.2, -0.15) is 0 Å². The molecule has 5 heteroatoms. The molecule has 0 aliphatic carbocycles. The first kappa shape index (κ1) is 14.5. The van der Waals surface area contributed by atoms with Crippen LogP contribution in [0, 0.1) is 0 Å². The summed E-state index contributed by atoms with van der Waals surface area (Å²) < 4.78 is 0. The molecule has 0 amide bonds. The van der Waals surface area contributed by atoms with Gasteiger partial charge in [-0.1, -0.05) is 68.4 Å². The number of alkyl halides is 1. The first-order valence-corrected chi connectivity index (χ1v) is 7.65. The highest BCUT2D eigenvalue weighted by molar-refractivity contribution is 9.08. The van der Waals surface area contributed by atoms with Crippen molar-refractivity contribution in [1.82, 2.24) is 0 Å². The van der Waals surface area contributed by atoms with Crippen LogP contribution in [-0.2, 0) is 5.33 Å². The maximum atomic E-state index is 6.23. The highest BCUT2D eigenvalue weighted by atomic mass is 79.9. The minimum atomic E-state index is 0.430. The Morgan fingerprint density at radius 3 is 2.17 bits per heavy atom. The van der Waals surface area contributed by atoms with Gasteiger partial charge in [-0.15, -0.1) is 0 Å². The molecule has 2 rings (SSSR count). The highest BCUT2D eigenvalue weighted by Crippen LogP contribution is 2.39. The zero-order chi connectivity index (χ0) is 13.3. The molecular weight excluding hydrogens is 378 g/mol. The summed E-state index contributed by atoms with van der Waals surface area (Å²) in [4.78, 5) is 0. The van der Waals surface area contributed by atoms with Crippen molar-refractivity contribution < 1.29 is 0 Å². The van der Waals surface area contributed by atoms with Crippen molar-refractivity contribution in [2.45, 2.75) is 5.33 Å². The largest absolute Gasteiger partial charge is 0.0876 e. The second kappa shape index (κ2) is 6.02. The lowest BCUT2D eigenvalue weighted by Gasteiger charge is -2.11. The van der Waals surface area contributed by atoms with Gasteiger partial charge in [0.2, 0.25) is 0 Å². The summed E-state index contributed by atoms with van der Waals surface area (Å²) in [5.41, 5.74) is 2.78. The Labute approximate surface area is 134 Å². The third-order valence-electron chi connectivity index (χ3n) is 2.50. The average Bonchev–Trinajstić information content (AvgIpc) is 2.33. The van der Waals surface area contributed by atoms with Gasteiger partial charge in [-0.05, 0) is 35.4 Å². The van der Waals surface area contributed by atoms with E-state index in [9.17, 15) is 0 Å². The molecule has 0 aromatic heterocycles. The molecule has 2 aromatic rings. The van der Waals surface area contributed by atoms with Gasteiger partial charge in [-0.25, -0.2) is 0 Å². The summed E-state index contributed by atoms with van der Waals surface area (Å²) in [6.45, 7) is 0. The maximum Gasteiger partial charge on any atom is 0.0671 e. The van der Waals surface area contributed by atoms with Crippen molar-refractivity contribution in [3.63, 3.8) is 0 Å². The Balaban J connectivity index is 2.72. The Hall–Kier alpha value is 0.0800. The molecule has 2 aromatic carbocycles. The van der Waals surface area contributed by atoms with Crippen LogP contribution in [0.5, 0.6) is 0 Å². The summed E-state index contributed by atoms with van der Waals surface area (Å²) in [5.74, 6) is 0. The molecule has 0 atom stereocenters. The average molecular weight is 385 g/mol. The number of benzene rings is 2. The van der Waals surface area contributed by atoms with Crippen LogP contribution in [0.1, 0.15) is 5.56 Å². The minimum Gasteiger partial charge on any atom is -0.0876 e. The van der Waals surface area contributed by atoms with Gasteiger partial charge in [0.1, 0.15) is 0 Å². The third-order valence-corrected chi connectivity index (χ3v) is 4.36. The summed E-state index contributed by atoms with van der Waals surface area (Å²) in [5, 5.41) is 2.78. The second-order valence-corrected chi connectivity index (χ2v) is 5.90. The Bertz CT molecular complexity index is 596. The molecule has 0 bridgehead atoms. The number of hydrogen-bond acceptors (Lipinski definition) is 0. The molecule has 18 heavy (non-hydrogen) atoms. The standard InChI is InChI=1S/C13H7BrCl4/c14-6-7-1-2-8(15)3-10(7)11-4-9(16)5-12(17)13(11)18/h1-5H,6H2. The van der Waals surface area contributed by atoms with Crippen molar-refractivity contribution >= 4 is 62.3 Å². The molecule has 94 valence electrons. The molecule has 0 saturated heterocycles. The molecule has 0 heterocycles. The summed E-state index contributed by atoms with van der Waals surface area (Å²) >= 11 is 27.8. The van der Waals surface area contributed by atoms with Crippen molar-refractivity contribution in [2.75, 3.05) is 0 Å². The normalized spacial score (nSPS) is 10.7. The van der Waals surface area contributed by atoms with Crippen molar-refractivity contribution in [3.8, 4) is 11.1 Å². The van der Waals surface area contributed by atoms with Crippen LogP contribution in [0.4, 0.5) is 0 Å². The van der Waals surface area contributed by atoms with Gasteiger partial charge < -0.3 is 0 Å². The fraction of sp³-hybridized carbons (Fsp3) is 0.0769. The van der Waals surface area contributed by atoms with E-state index in [1.807, 2.05) is 18.2 Å². The smallest absolute Gasteiger partial charge is 0.0671 e. The van der Waals surface area contributed by atoms with E-state index in [-0.39, 0.29) is 0 Å². The van der Waals surface area contributed by atoms with Gasteiger partial charge in [0.15, 0.2) is 0 Å². The monoisotopic (exact) mass is 382 g/mol. The first-order valence-electron chi connectivity index (χ1n) is 5.02. The number of rotatable bonds is 2. The molecule has 0 unspecified atom stereocenters. The fourth-order valence-electron chi connectivity index (χ4n) is 1.67. The summed E-state index contributed by atoms with van der Waals surface area (Å²) in [6, 6.07) is 9.03. The van der Waals surface area contributed by atoms with E-state index < -0.39 is 0 Å². The molecule has 0 aliphatic heterocycles. The summed E-state index contributed by atoms with van der Waals surface area (Å²) in [6.07, 6.45) is 0. The lowest BCUT2D eigenvalue weighted by Crippen LogP contribution is -1.88. The Morgan fingerprint density at radius 2 is 1.50 bits per heavy atom. The van der Waals surface area contributed by atoms with Crippen molar-refractivity contribution in [3.05, 3.63) is 56.0 Å². The van der Waals surface area contributed by atoms with Crippen LogP contribution in [0.3, 0.4) is 0 Å². The SMILES string of the molecule is Clc1ccc(CBr)c(-c2cc(Cl)cc(Cl)c2Cl)c1. The van der Waals surface area contributed by atoms with Crippen LogP contribution in [0.2, 0.25) is 20.1 Å². The number of halogens is 5. The Kier molecular flexibility index (Phi) is 4.85. The second-order valence-electron chi connectivity index (χ2n) is 3.68. The van der Waals surface area contributed by atoms with Gasteiger partial charge in [0, 0.05) is 20.9 Å². The Morgan fingerprint density at radius 1 is 0.833 bits per heavy atom. The lowest BCUT2D eigenvalue weighted by atomic mass is 10.0. The van der Waals surface area contributed by atoms with E-state index in [1.54, 1.807) is 12.1 Å². The third kappa shape index (κ3) is 2.97. The molecule has 0 nitrogen and oxygen atoms in total. The highest BCUT2D eigenvalue weighted by Gasteiger charge is 2.12. The van der Waals surface area contributed by atoms with Crippen LogP contribution < -0.4 is 0 Å². The van der Waals surface area contributed by atoms with E-state index in [0.29, 0.717) is 25.4 Å². The van der Waals surface area contributed by atoms with Crippen LogP contribution in [0.15, 0.2) is 30.3 Å². The maximum absolute atomic E-state index is 6.23. The molecule has 0 spiro atoms. The van der Waals surface area contributed by atoms with E-state index in [2.05, 4.69) is 15.9 Å². The number of hydrogen-bond donors (Lipinski definition) is 0. The van der Waals surface area contributed by atoms with E-state index in [4.69, 9.17) is 46.4 Å². The fourth-order valence-corrected chi connectivity index (χ4v) is 3.03. The lowest BCUT2D eigenvalue weighted by molar-refractivity contribution is 1.43. The first-order chi connectivity index (χ1) is 8.52. The van der Waals surface area contributed by atoms with Crippen LogP contribution in [0.25, 0.3) is 11.1 Å². The van der Waals surface area contributed by atoms with E-state index in [1.165, 1.54) is 0 Å². The van der Waals surface area contributed by atoms with Crippen LogP contribution >= 0.6 is 62.3 Å². The zero-order valence-corrected chi connectivity index (χ0v) is 13.6. The van der Waals surface area contributed by atoms with Gasteiger partial charge in [-0.3, -0.25) is 0 Å². The predicted octanol–water partition coefficient (Wildman–Crippen LogP) is 6.86.